The molecule has 0 radical (unpaired) electrons. The van der Waals surface area contributed by atoms with Crippen molar-refractivity contribution in [3.8, 4) is 0 Å². The van der Waals surface area contributed by atoms with Crippen LogP contribution in [-0.4, -0.2) is 56.0 Å². The van der Waals surface area contributed by atoms with Crippen molar-refractivity contribution in [1.29, 1.82) is 0 Å². The monoisotopic (exact) mass is 291 g/mol. The van der Waals surface area contributed by atoms with Crippen molar-refractivity contribution in [3.63, 3.8) is 0 Å². The fourth-order valence-corrected chi connectivity index (χ4v) is 4.03. The van der Waals surface area contributed by atoms with Gasteiger partial charge in [0, 0.05) is 19.7 Å². The van der Waals surface area contributed by atoms with Gasteiger partial charge in [-0.05, 0) is 44.4 Å². The van der Waals surface area contributed by atoms with E-state index in [9.17, 15) is 13.5 Å². The molecule has 0 spiro atoms. The lowest BCUT2D eigenvalue weighted by Crippen LogP contribution is -2.42. The molecule has 0 aliphatic carbocycles. The summed E-state index contributed by atoms with van der Waals surface area (Å²) in [5.41, 5.74) is 0. The highest BCUT2D eigenvalue weighted by Crippen LogP contribution is 2.26. The van der Waals surface area contributed by atoms with Gasteiger partial charge >= 0.3 is 0 Å². The van der Waals surface area contributed by atoms with Crippen LogP contribution in [0.15, 0.2) is 0 Å². The van der Waals surface area contributed by atoms with Crippen LogP contribution in [0.25, 0.3) is 0 Å². The van der Waals surface area contributed by atoms with Crippen LogP contribution in [0.4, 0.5) is 0 Å². The van der Waals surface area contributed by atoms with Crippen LogP contribution >= 0.6 is 0 Å². The van der Waals surface area contributed by atoms with Crippen molar-refractivity contribution in [2.24, 2.45) is 5.92 Å². The number of aliphatic hydroxyl groups is 1. The van der Waals surface area contributed by atoms with Gasteiger partial charge in [0.2, 0.25) is 10.0 Å². The quantitative estimate of drug-likeness (QED) is 0.838. The maximum Gasteiger partial charge on any atom is 0.211 e. The molecule has 2 rings (SSSR count). The molecule has 0 aromatic heterocycles. The van der Waals surface area contributed by atoms with Crippen molar-refractivity contribution in [2.45, 2.75) is 50.7 Å². The predicted molar refractivity (Wildman–Crippen MR) is 73.4 cm³/mol. The number of hydrogen-bond donors (Lipinski definition) is 1. The smallest absolute Gasteiger partial charge is 0.211 e. The number of sulfonamides is 1. The lowest BCUT2D eigenvalue weighted by molar-refractivity contribution is -0.0708. The Balaban J connectivity index is 1.84. The second kappa shape index (κ2) is 6.52. The van der Waals surface area contributed by atoms with Gasteiger partial charge in [-0.2, -0.15) is 0 Å². The van der Waals surface area contributed by atoms with Gasteiger partial charge in [0.25, 0.3) is 0 Å². The fraction of sp³-hybridized carbons (Fsp3) is 1.00. The number of ether oxygens (including phenoxy) is 1. The molecule has 19 heavy (non-hydrogen) atoms. The average Bonchev–Trinajstić information content (AvgIpc) is 2.39. The number of aliphatic hydroxyl groups excluding tert-OH is 1. The second-order valence-electron chi connectivity index (χ2n) is 5.84. The first kappa shape index (κ1) is 15.2. The highest BCUT2D eigenvalue weighted by molar-refractivity contribution is 7.88. The topological polar surface area (TPSA) is 66.8 Å². The Morgan fingerprint density at radius 1 is 1.32 bits per heavy atom. The van der Waals surface area contributed by atoms with Gasteiger partial charge in [-0.15, -0.1) is 0 Å². The summed E-state index contributed by atoms with van der Waals surface area (Å²) in [7, 11) is -3.10. The third-order valence-electron chi connectivity index (χ3n) is 4.17. The first-order chi connectivity index (χ1) is 8.97. The first-order valence-electron chi connectivity index (χ1n) is 7.21. The van der Waals surface area contributed by atoms with E-state index >= 15 is 0 Å². The molecule has 2 heterocycles. The summed E-state index contributed by atoms with van der Waals surface area (Å²) < 4.78 is 30.2. The first-order valence-corrected chi connectivity index (χ1v) is 9.06. The molecule has 112 valence electrons. The molecule has 0 amide bonds. The van der Waals surface area contributed by atoms with Gasteiger partial charge < -0.3 is 9.84 Å². The molecule has 0 bridgehead atoms. The molecule has 0 saturated carbocycles. The van der Waals surface area contributed by atoms with Crippen LogP contribution in [0.1, 0.15) is 38.5 Å². The molecule has 5 nitrogen and oxygen atoms in total. The summed E-state index contributed by atoms with van der Waals surface area (Å²) in [6, 6.07) is 0. The second-order valence-corrected chi connectivity index (χ2v) is 7.82. The van der Waals surface area contributed by atoms with Gasteiger partial charge in [-0.3, -0.25) is 0 Å². The maximum absolute atomic E-state index is 11.6. The van der Waals surface area contributed by atoms with Crippen LogP contribution in [0.2, 0.25) is 0 Å². The molecule has 6 heteroatoms. The Kier molecular flexibility index (Phi) is 5.22. The minimum absolute atomic E-state index is 0.0534. The Bertz CT molecular complexity index is 378. The van der Waals surface area contributed by atoms with E-state index in [4.69, 9.17) is 4.74 Å². The van der Waals surface area contributed by atoms with Gasteiger partial charge in [0.05, 0.1) is 18.5 Å². The normalized spacial score (nSPS) is 32.1. The van der Waals surface area contributed by atoms with Gasteiger partial charge in [-0.25, -0.2) is 12.7 Å². The summed E-state index contributed by atoms with van der Waals surface area (Å²) in [4.78, 5) is 0. The highest BCUT2D eigenvalue weighted by atomic mass is 32.2. The zero-order chi connectivity index (χ0) is 13.9. The Morgan fingerprint density at radius 2 is 2.11 bits per heavy atom. The van der Waals surface area contributed by atoms with Crippen LogP contribution in [0.3, 0.4) is 0 Å². The standard InChI is InChI=1S/C13H25NO4S/c1-19(16,17)14-7-4-5-11(10-14)9-12(15)13-6-2-3-8-18-13/h11-13,15H,2-10H2,1H3. The van der Waals surface area contributed by atoms with E-state index in [0.29, 0.717) is 19.5 Å². The number of rotatable bonds is 4. The third kappa shape index (κ3) is 4.41. The Hall–Kier alpha value is -0.170. The van der Waals surface area contributed by atoms with E-state index in [0.717, 1.165) is 38.7 Å². The van der Waals surface area contributed by atoms with E-state index in [1.54, 1.807) is 0 Å². The van der Waals surface area contributed by atoms with Crippen molar-refractivity contribution in [3.05, 3.63) is 0 Å². The third-order valence-corrected chi connectivity index (χ3v) is 5.44. The average molecular weight is 291 g/mol. The molecule has 0 aromatic rings. The lowest BCUT2D eigenvalue weighted by atomic mass is 9.90. The molecule has 2 fully saturated rings. The van der Waals surface area contributed by atoms with Crippen molar-refractivity contribution < 1.29 is 18.3 Å². The summed E-state index contributed by atoms with van der Waals surface area (Å²) >= 11 is 0. The van der Waals surface area contributed by atoms with E-state index in [-0.39, 0.29) is 12.0 Å². The summed E-state index contributed by atoms with van der Waals surface area (Å²) in [6.45, 7) is 1.90. The highest BCUT2D eigenvalue weighted by Gasteiger charge is 2.30. The number of nitrogens with zero attached hydrogens (tertiary/aromatic N) is 1. The van der Waals surface area contributed by atoms with Crippen molar-refractivity contribution >= 4 is 10.0 Å². The molecule has 3 unspecified atom stereocenters. The van der Waals surface area contributed by atoms with Gasteiger partial charge in [0.1, 0.15) is 0 Å². The summed E-state index contributed by atoms with van der Waals surface area (Å²) in [5.74, 6) is 0.254. The van der Waals surface area contributed by atoms with Crippen LogP contribution < -0.4 is 0 Å². The van der Waals surface area contributed by atoms with Crippen LogP contribution in [0, 0.1) is 5.92 Å². The molecular formula is C13H25NO4S. The summed E-state index contributed by atoms with van der Waals surface area (Å²) in [6.07, 6.45) is 6.39. The van der Waals surface area contributed by atoms with Crippen molar-refractivity contribution in [2.75, 3.05) is 26.0 Å². The fourth-order valence-electron chi connectivity index (χ4n) is 3.08. The molecule has 0 aromatic carbocycles. The van der Waals surface area contributed by atoms with Crippen molar-refractivity contribution in [1.82, 2.24) is 4.31 Å². The molecule has 2 aliphatic rings. The molecular weight excluding hydrogens is 266 g/mol. The predicted octanol–water partition coefficient (Wildman–Crippen LogP) is 0.978. The lowest BCUT2D eigenvalue weighted by Gasteiger charge is -2.34. The molecule has 1 N–H and O–H groups in total. The Morgan fingerprint density at radius 3 is 2.74 bits per heavy atom. The van der Waals surface area contributed by atoms with Gasteiger partial charge in [-0.1, -0.05) is 0 Å². The van der Waals surface area contributed by atoms with E-state index in [2.05, 4.69) is 0 Å². The molecule has 3 atom stereocenters. The van der Waals surface area contributed by atoms with Gasteiger partial charge in [0.15, 0.2) is 0 Å². The SMILES string of the molecule is CS(=O)(=O)N1CCCC(CC(O)C2CCCCO2)C1. The molecule has 2 aliphatic heterocycles. The van der Waals surface area contributed by atoms with E-state index in [1.165, 1.54) is 10.6 Å². The van der Waals surface area contributed by atoms with Crippen LogP contribution in [0.5, 0.6) is 0 Å². The zero-order valence-electron chi connectivity index (χ0n) is 11.6. The van der Waals surface area contributed by atoms with Crippen LogP contribution in [-0.2, 0) is 14.8 Å². The van der Waals surface area contributed by atoms with E-state index in [1.807, 2.05) is 0 Å². The number of hydrogen-bond acceptors (Lipinski definition) is 4. The minimum atomic E-state index is -3.10. The van der Waals surface area contributed by atoms with E-state index < -0.39 is 16.1 Å². The summed E-state index contributed by atoms with van der Waals surface area (Å²) in [5, 5.41) is 10.2. The Labute approximate surface area is 116 Å². The maximum atomic E-state index is 11.6. The number of piperidine rings is 1. The minimum Gasteiger partial charge on any atom is -0.390 e. The molecule has 2 saturated heterocycles. The zero-order valence-corrected chi connectivity index (χ0v) is 12.4. The largest absolute Gasteiger partial charge is 0.390 e.